The van der Waals surface area contributed by atoms with Gasteiger partial charge in [0.1, 0.15) is 0 Å². The van der Waals surface area contributed by atoms with E-state index in [2.05, 4.69) is 26.1 Å². The van der Waals surface area contributed by atoms with Gasteiger partial charge in [-0.15, -0.1) is 0 Å². The smallest absolute Gasteiger partial charge is 0.338 e. The normalized spacial score (nSPS) is 10.9. The highest BCUT2D eigenvalue weighted by Crippen LogP contribution is 2.23. The largest absolute Gasteiger partial charge is 0.452 e. The van der Waals surface area contributed by atoms with E-state index in [0.717, 1.165) is 11.6 Å². The van der Waals surface area contributed by atoms with Crippen LogP contribution in [0.4, 0.5) is 11.4 Å². The Morgan fingerprint density at radius 3 is 2.35 bits per heavy atom. The highest BCUT2D eigenvalue weighted by atomic mass is 16.6. The lowest BCUT2D eigenvalue weighted by Crippen LogP contribution is -2.21. The summed E-state index contributed by atoms with van der Waals surface area (Å²) in [5.74, 6) is -1.29. The maximum absolute atomic E-state index is 11.9. The Balaban J connectivity index is 1.91. The van der Waals surface area contributed by atoms with E-state index in [-0.39, 0.29) is 16.7 Å². The van der Waals surface area contributed by atoms with E-state index in [9.17, 15) is 19.7 Å². The van der Waals surface area contributed by atoms with Crippen molar-refractivity contribution < 1.29 is 19.2 Å². The number of rotatable bonds is 5. The number of benzene rings is 2. The fourth-order valence-corrected chi connectivity index (χ4v) is 2.21. The Morgan fingerprint density at radius 1 is 1.12 bits per heavy atom. The zero-order chi connectivity index (χ0) is 19.3. The van der Waals surface area contributed by atoms with Crippen molar-refractivity contribution >= 4 is 23.3 Å². The minimum Gasteiger partial charge on any atom is -0.452 e. The topological polar surface area (TPSA) is 98.5 Å². The van der Waals surface area contributed by atoms with Gasteiger partial charge in [-0.2, -0.15) is 0 Å². The molecule has 2 aromatic rings. The van der Waals surface area contributed by atoms with Gasteiger partial charge in [0, 0.05) is 17.8 Å². The van der Waals surface area contributed by atoms with E-state index in [1.807, 2.05) is 12.1 Å². The van der Waals surface area contributed by atoms with Crippen molar-refractivity contribution in [3.63, 3.8) is 0 Å². The number of carbonyl (C=O) groups excluding carboxylic acids is 2. The summed E-state index contributed by atoms with van der Waals surface area (Å²) in [6.07, 6.45) is 0. The van der Waals surface area contributed by atoms with Gasteiger partial charge in [0.15, 0.2) is 6.61 Å². The lowest BCUT2D eigenvalue weighted by molar-refractivity contribution is -0.384. The van der Waals surface area contributed by atoms with E-state index in [1.165, 1.54) is 18.2 Å². The number of ether oxygens (including phenoxy) is 1. The molecule has 0 aliphatic heterocycles. The molecule has 0 aromatic heterocycles. The first-order chi connectivity index (χ1) is 12.2. The van der Waals surface area contributed by atoms with Gasteiger partial charge in [0.25, 0.3) is 11.6 Å². The van der Waals surface area contributed by atoms with Crippen molar-refractivity contribution in [1.29, 1.82) is 0 Å². The van der Waals surface area contributed by atoms with E-state index in [4.69, 9.17) is 4.74 Å². The number of hydrogen-bond acceptors (Lipinski definition) is 5. The molecule has 0 atom stereocenters. The number of amides is 1. The van der Waals surface area contributed by atoms with Crippen molar-refractivity contribution in [2.24, 2.45) is 0 Å². The molecule has 0 unspecified atom stereocenters. The average molecular weight is 356 g/mol. The fraction of sp³-hybridized carbons (Fsp3) is 0.263. The number of nitro benzene ring substituents is 1. The van der Waals surface area contributed by atoms with Crippen LogP contribution in [0.25, 0.3) is 0 Å². The molecule has 1 amide bonds. The molecule has 0 spiro atoms. The van der Waals surface area contributed by atoms with Gasteiger partial charge < -0.3 is 10.1 Å². The van der Waals surface area contributed by atoms with Crippen molar-refractivity contribution in [2.75, 3.05) is 11.9 Å². The number of anilines is 1. The van der Waals surface area contributed by atoms with E-state index < -0.39 is 23.4 Å². The molecule has 7 heteroatoms. The fourth-order valence-electron chi connectivity index (χ4n) is 2.21. The summed E-state index contributed by atoms with van der Waals surface area (Å²) < 4.78 is 4.90. The van der Waals surface area contributed by atoms with Crippen LogP contribution in [0.1, 0.15) is 36.7 Å². The van der Waals surface area contributed by atoms with Gasteiger partial charge in [0.05, 0.1) is 10.5 Å². The molecule has 26 heavy (non-hydrogen) atoms. The maximum Gasteiger partial charge on any atom is 0.338 e. The van der Waals surface area contributed by atoms with Gasteiger partial charge in [-0.05, 0) is 29.2 Å². The quantitative estimate of drug-likeness (QED) is 0.500. The van der Waals surface area contributed by atoms with E-state index in [1.54, 1.807) is 12.1 Å². The number of non-ortho nitro benzene ring substituents is 1. The molecule has 136 valence electrons. The van der Waals surface area contributed by atoms with Crippen molar-refractivity contribution in [1.82, 2.24) is 0 Å². The summed E-state index contributed by atoms with van der Waals surface area (Å²) in [7, 11) is 0. The Bertz CT molecular complexity index is 823. The second-order valence-corrected chi connectivity index (χ2v) is 6.76. The third-order valence-corrected chi connectivity index (χ3v) is 3.66. The summed E-state index contributed by atoms with van der Waals surface area (Å²) in [6.45, 7) is 5.79. The van der Waals surface area contributed by atoms with Gasteiger partial charge in [-0.25, -0.2) is 4.79 Å². The zero-order valence-corrected chi connectivity index (χ0v) is 14.8. The minimum atomic E-state index is -0.799. The molecule has 0 bridgehead atoms. The predicted molar refractivity (Wildman–Crippen MR) is 97.2 cm³/mol. The molecule has 1 N–H and O–H groups in total. The Hall–Kier alpha value is -3.22. The summed E-state index contributed by atoms with van der Waals surface area (Å²) in [6, 6.07) is 12.5. The number of esters is 1. The molecule has 0 saturated carbocycles. The van der Waals surface area contributed by atoms with Crippen LogP contribution < -0.4 is 5.32 Å². The standard InChI is InChI=1S/C19H20N2O5/c1-19(2,3)14-7-9-15(10-8-14)20-17(22)12-26-18(23)13-5-4-6-16(11-13)21(24)25/h4-11H,12H2,1-3H3,(H,20,22). The van der Waals surface area contributed by atoms with Crippen LogP contribution in [0.15, 0.2) is 48.5 Å². The van der Waals surface area contributed by atoms with Crippen molar-refractivity contribution in [3.05, 3.63) is 69.8 Å². The first-order valence-electron chi connectivity index (χ1n) is 7.99. The molecule has 0 radical (unpaired) electrons. The second kappa shape index (κ2) is 7.77. The number of hydrogen-bond donors (Lipinski definition) is 1. The molecule has 2 aromatic carbocycles. The molecule has 7 nitrogen and oxygen atoms in total. The van der Waals surface area contributed by atoms with Gasteiger partial charge in [0.2, 0.25) is 0 Å². The molecule has 0 heterocycles. The molecule has 0 aliphatic rings. The van der Waals surface area contributed by atoms with Crippen LogP contribution in [0.2, 0.25) is 0 Å². The summed E-state index contributed by atoms with van der Waals surface area (Å²) in [4.78, 5) is 33.9. The third-order valence-electron chi connectivity index (χ3n) is 3.66. The molecule has 0 aliphatic carbocycles. The summed E-state index contributed by atoms with van der Waals surface area (Å²) in [5.41, 5.74) is 1.53. The molecule has 0 fully saturated rings. The summed E-state index contributed by atoms with van der Waals surface area (Å²) in [5, 5.41) is 13.4. The Kier molecular flexibility index (Phi) is 5.71. The van der Waals surface area contributed by atoms with Gasteiger partial charge in [-0.1, -0.05) is 39.0 Å². The highest BCUT2D eigenvalue weighted by molar-refractivity contribution is 5.95. The monoisotopic (exact) mass is 356 g/mol. The Morgan fingerprint density at radius 2 is 1.77 bits per heavy atom. The van der Waals surface area contributed by atoms with Gasteiger partial charge >= 0.3 is 5.97 Å². The van der Waals surface area contributed by atoms with Crippen LogP contribution in [0.3, 0.4) is 0 Å². The minimum absolute atomic E-state index is 0.0103. The first-order valence-corrected chi connectivity index (χ1v) is 7.99. The van der Waals surface area contributed by atoms with Crippen LogP contribution in [0, 0.1) is 10.1 Å². The lowest BCUT2D eigenvalue weighted by atomic mass is 9.87. The number of carbonyl (C=O) groups is 2. The molecule has 2 rings (SSSR count). The third kappa shape index (κ3) is 5.14. The average Bonchev–Trinajstić information content (AvgIpc) is 2.59. The highest BCUT2D eigenvalue weighted by Gasteiger charge is 2.15. The predicted octanol–water partition coefficient (Wildman–Crippen LogP) is 3.69. The lowest BCUT2D eigenvalue weighted by Gasteiger charge is -2.19. The zero-order valence-electron chi connectivity index (χ0n) is 14.8. The van der Waals surface area contributed by atoms with Crippen LogP contribution in [-0.4, -0.2) is 23.4 Å². The first kappa shape index (κ1) is 19.1. The van der Waals surface area contributed by atoms with Crippen molar-refractivity contribution in [3.8, 4) is 0 Å². The van der Waals surface area contributed by atoms with E-state index >= 15 is 0 Å². The Labute approximate surface area is 151 Å². The second-order valence-electron chi connectivity index (χ2n) is 6.76. The van der Waals surface area contributed by atoms with Crippen LogP contribution in [0.5, 0.6) is 0 Å². The molecular weight excluding hydrogens is 336 g/mol. The number of nitrogens with one attached hydrogen (secondary N) is 1. The van der Waals surface area contributed by atoms with Crippen LogP contribution >= 0.6 is 0 Å². The maximum atomic E-state index is 11.9. The SMILES string of the molecule is CC(C)(C)c1ccc(NC(=O)COC(=O)c2cccc([N+](=O)[O-])c2)cc1. The van der Waals surface area contributed by atoms with Gasteiger partial charge in [-0.3, -0.25) is 14.9 Å². The number of nitrogens with zero attached hydrogens (tertiary/aromatic N) is 1. The number of nitro groups is 1. The van der Waals surface area contributed by atoms with Crippen molar-refractivity contribution in [2.45, 2.75) is 26.2 Å². The van der Waals surface area contributed by atoms with Crippen LogP contribution in [-0.2, 0) is 14.9 Å². The molecular formula is C19H20N2O5. The molecule has 0 saturated heterocycles. The van der Waals surface area contributed by atoms with E-state index in [0.29, 0.717) is 5.69 Å². The summed E-state index contributed by atoms with van der Waals surface area (Å²) >= 11 is 0.